The van der Waals surface area contributed by atoms with Gasteiger partial charge in [0.2, 0.25) is 0 Å². The van der Waals surface area contributed by atoms with Gasteiger partial charge < -0.3 is 15.0 Å². The van der Waals surface area contributed by atoms with Crippen LogP contribution in [0.2, 0.25) is 0 Å². The zero-order valence-corrected chi connectivity index (χ0v) is 12.1. The minimum atomic E-state index is -0.594. The number of ether oxygens (including phenoxy) is 1. The summed E-state index contributed by atoms with van der Waals surface area (Å²) in [4.78, 5) is 25.8. The number of anilines is 1. The molecule has 5 heteroatoms. The Bertz CT molecular complexity index is 528. The van der Waals surface area contributed by atoms with Crippen LogP contribution in [0.5, 0.6) is 0 Å². The number of hydrogen-bond donors (Lipinski definition) is 1. The van der Waals surface area contributed by atoms with Crippen molar-refractivity contribution >= 4 is 17.6 Å². The standard InChI is InChI=1S/C15H20N2O3/c1-4-12(15(19)20-3)16-14(18)11-5-6-13-10(9-11)7-8-17(13)2/h5-6,9,12H,4,7-8H2,1-3H3,(H,16,18). The lowest BCUT2D eigenvalue weighted by atomic mass is 10.1. The fourth-order valence-electron chi connectivity index (χ4n) is 2.42. The first kappa shape index (κ1) is 14.4. The highest BCUT2D eigenvalue weighted by Gasteiger charge is 2.22. The Morgan fingerprint density at radius 2 is 2.20 bits per heavy atom. The highest BCUT2D eigenvalue weighted by atomic mass is 16.5. The first-order valence-electron chi connectivity index (χ1n) is 6.79. The lowest BCUT2D eigenvalue weighted by Gasteiger charge is -2.15. The van der Waals surface area contributed by atoms with Gasteiger partial charge in [-0.2, -0.15) is 0 Å². The quantitative estimate of drug-likeness (QED) is 0.844. The second-order valence-corrected chi connectivity index (χ2v) is 4.97. The number of amides is 1. The molecule has 1 aliphatic heterocycles. The predicted octanol–water partition coefficient (Wildman–Crippen LogP) is 1.36. The van der Waals surface area contributed by atoms with Gasteiger partial charge in [0.05, 0.1) is 7.11 Å². The molecule has 0 fully saturated rings. The lowest BCUT2D eigenvalue weighted by Crippen LogP contribution is -2.41. The molecule has 0 saturated heterocycles. The van der Waals surface area contributed by atoms with E-state index < -0.39 is 12.0 Å². The molecule has 0 spiro atoms. The van der Waals surface area contributed by atoms with E-state index in [-0.39, 0.29) is 5.91 Å². The molecule has 1 heterocycles. The molecule has 1 unspecified atom stereocenters. The van der Waals surface area contributed by atoms with Crippen LogP contribution in [0.4, 0.5) is 5.69 Å². The van der Waals surface area contributed by atoms with Gasteiger partial charge in [-0.15, -0.1) is 0 Å². The summed E-state index contributed by atoms with van der Waals surface area (Å²) in [5.41, 5.74) is 2.93. The van der Waals surface area contributed by atoms with Crippen LogP contribution in [-0.4, -0.2) is 38.6 Å². The molecule has 0 bridgehead atoms. The average Bonchev–Trinajstić information content (AvgIpc) is 2.84. The van der Waals surface area contributed by atoms with Crippen LogP contribution < -0.4 is 10.2 Å². The summed E-state index contributed by atoms with van der Waals surface area (Å²) < 4.78 is 4.67. The largest absolute Gasteiger partial charge is 0.467 e. The molecule has 1 N–H and O–H groups in total. The number of nitrogens with zero attached hydrogens (tertiary/aromatic N) is 1. The zero-order valence-electron chi connectivity index (χ0n) is 12.1. The normalized spacial score (nSPS) is 14.7. The molecule has 1 atom stereocenters. The molecule has 108 valence electrons. The number of fused-ring (bicyclic) bond motifs is 1. The molecule has 0 radical (unpaired) electrons. The number of esters is 1. The maximum atomic E-state index is 12.2. The zero-order chi connectivity index (χ0) is 14.7. The summed E-state index contributed by atoms with van der Waals surface area (Å²) in [5.74, 6) is -0.652. The Morgan fingerprint density at radius 1 is 1.45 bits per heavy atom. The molecule has 1 amide bonds. The number of rotatable bonds is 4. The summed E-state index contributed by atoms with van der Waals surface area (Å²) in [5, 5.41) is 2.71. The smallest absolute Gasteiger partial charge is 0.328 e. The van der Waals surface area contributed by atoms with Crippen LogP contribution >= 0.6 is 0 Å². The Labute approximate surface area is 118 Å². The van der Waals surface area contributed by atoms with Gasteiger partial charge in [-0.1, -0.05) is 6.92 Å². The van der Waals surface area contributed by atoms with Crippen LogP contribution in [0.15, 0.2) is 18.2 Å². The highest BCUT2D eigenvalue weighted by Crippen LogP contribution is 2.27. The van der Waals surface area contributed by atoms with Crippen LogP contribution in [0.25, 0.3) is 0 Å². The van der Waals surface area contributed by atoms with Gasteiger partial charge in [0, 0.05) is 24.8 Å². The van der Waals surface area contributed by atoms with E-state index in [0.717, 1.165) is 13.0 Å². The van der Waals surface area contributed by atoms with E-state index in [1.165, 1.54) is 18.4 Å². The molecule has 20 heavy (non-hydrogen) atoms. The fraction of sp³-hybridized carbons (Fsp3) is 0.467. The number of hydrogen-bond acceptors (Lipinski definition) is 4. The molecule has 0 aromatic heterocycles. The van der Waals surface area contributed by atoms with E-state index in [0.29, 0.717) is 12.0 Å². The van der Waals surface area contributed by atoms with Crippen LogP contribution in [0.3, 0.4) is 0 Å². The van der Waals surface area contributed by atoms with Crippen LogP contribution in [-0.2, 0) is 16.0 Å². The second-order valence-electron chi connectivity index (χ2n) is 4.97. The molecule has 1 aliphatic rings. The summed E-state index contributed by atoms with van der Waals surface area (Å²) >= 11 is 0. The maximum absolute atomic E-state index is 12.2. The molecule has 0 aliphatic carbocycles. The lowest BCUT2D eigenvalue weighted by molar-refractivity contribution is -0.142. The van der Waals surface area contributed by atoms with Gasteiger partial charge in [0.25, 0.3) is 5.91 Å². The molecule has 2 rings (SSSR count). The Morgan fingerprint density at radius 3 is 2.85 bits per heavy atom. The third-order valence-corrected chi connectivity index (χ3v) is 3.67. The van der Waals surface area contributed by atoms with Crippen molar-refractivity contribution < 1.29 is 14.3 Å². The van der Waals surface area contributed by atoms with Crippen molar-refractivity contribution in [1.82, 2.24) is 5.32 Å². The SMILES string of the molecule is CCC(NC(=O)c1ccc2c(c1)CCN2C)C(=O)OC. The predicted molar refractivity (Wildman–Crippen MR) is 77.0 cm³/mol. The van der Waals surface area contributed by atoms with E-state index >= 15 is 0 Å². The van der Waals surface area contributed by atoms with E-state index in [1.54, 1.807) is 6.07 Å². The monoisotopic (exact) mass is 276 g/mol. The number of methoxy groups -OCH3 is 1. The van der Waals surface area contributed by atoms with Gasteiger partial charge in [-0.05, 0) is 36.6 Å². The second kappa shape index (κ2) is 5.94. The minimum Gasteiger partial charge on any atom is -0.467 e. The first-order chi connectivity index (χ1) is 9.56. The topological polar surface area (TPSA) is 58.6 Å². The van der Waals surface area contributed by atoms with E-state index in [4.69, 9.17) is 0 Å². The van der Waals surface area contributed by atoms with Crippen molar-refractivity contribution in [3.63, 3.8) is 0 Å². The van der Waals surface area contributed by atoms with Crippen molar-refractivity contribution in [2.45, 2.75) is 25.8 Å². The molecular weight excluding hydrogens is 256 g/mol. The highest BCUT2D eigenvalue weighted by molar-refractivity contribution is 5.97. The summed E-state index contributed by atoms with van der Waals surface area (Å²) in [6.45, 7) is 2.81. The summed E-state index contributed by atoms with van der Waals surface area (Å²) in [6.07, 6.45) is 1.45. The molecule has 0 saturated carbocycles. The Hall–Kier alpha value is -2.04. The number of likely N-dealkylation sites (N-methyl/N-ethyl adjacent to an activating group) is 1. The molecular formula is C15H20N2O3. The summed E-state index contributed by atoms with van der Waals surface area (Å²) in [7, 11) is 3.36. The first-order valence-corrected chi connectivity index (χ1v) is 6.79. The van der Waals surface area contributed by atoms with Crippen LogP contribution in [0, 0.1) is 0 Å². The van der Waals surface area contributed by atoms with E-state index in [9.17, 15) is 9.59 Å². The number of carbonyl (C=O) groups is 2. The van der Waals surface area contributed by atoms with E-state index in [1.807, 2.05) is 26.1 Å². The van der Waals surface area contributed by atoms with Crippen molar-refractivity contribution in [2.24, 2.45) is 0 Å². The molecule has 1 aromatic rings. The van der Waals surface area contributed by atoms with Gasteiger partial charge in [-0.25, -0.2) is 4.79 Å². The number of benzene rings is 1. The summed E-state index contributed by atoms with van der Waals surface area (Å²) in [6, 6.07) is 5.05. The number of nitrogens with one attached hydrogen (secondary N) is 1. The fourth-order valence-corrected chi connectivity index (χ4v) is 2.42. The van der Waals surface area contributed by atoms with Crippen LogP contribution in [0.1, 0.15) is 29.3 Å². The van der Waals surface area contributed by atoms with Crippen molar-refractivity contribution in [1.29, 1.82) is 0 Å². The van der Waals surface area contributed by atoms with Gasteiger partial charge in [0.1, 0.15) is 6.04 Å². The van der Waals surface area contributed by atoms with Crippen molar-refractivity contribution in [3.8, 4) is 0 Å². The Kier molecular flexibility index (Phi) is 4.27. The third kappa shape index (κ3) is 2.76. The van der Waals surface area contributed by atoms with Gasteiger partial charge >= 0.3 is 5.97 Å². The third-order valence-electron chi connectivity index (χ3n) is 3.67. The van der Waals surface area contributed by atoms with Gasteiger partial charge in [0.15, 0.2) is 0 Å². The maximum Gasteiger partial charge on any atom is 0.328 e. The van der Waals surface area contributed by atoms with Gasteiger partial charge in [-0.3, -0.25) is 4.79 Å². The Balaban J connectivity index is 2.12. The molecule has 5 nitrogen and oxygen atoms in total. The average molecular weight is 276 g/mol. The van der Waals surface area contributed by atoms with Crippen molar-refractivity contribution in [2.75, 3.05) is 25.6 Å². The van der Waals surface area contributed by atoms with E-state index in [2.05, 4.69) is 15.0 Å². The van der Waals surface area contributed by atoms with Crippen molar-refractivity contribution in [3.05, 3.63) is 29.3 Å². The minimum absolute atomic E-state index is 0.236. The molecule has 1 aromatic carbocycles. The number of carbonyl (C=O) groups excluding carboxylic acids is 2.